The average Bonchev–Trinajstić information content (AvgIpc) is 2.74. The van der Waals surface area contributed by atoms with Crippen LogP contribution in [0, 0.1) is 28.6 Å². The Kier molecular flexibility index (Phi) is 0.434. The summed E-state index contributed by atoms with van der Waals surface area (Å²) < 4.78 is 0. The van der Waals surface area contributed by atoms with Gasteiger partial charge >= 0.3 is 0 Å². The number of hydrogen-bond donors (Lipinski definition) is 1. The Morgan fingerprint density at radius 1 is 1.50 bits per heavy atom. The molecule has 1 heteroatoms. The smallest absolute Gasteiger partial charge is 0.00490 e. The van der Waals surface area contributed by atoms with E-state index in [0.717, 1.165) is 10.8 Å². The molecule has 5 fully saturated rings. The maximum absolute atomic E-state index is 3.25. The summed E-state index contributed by atoms with van der Waals surface area (Å²) in [5.41, 5.74) is 2.08. The van der Waals surface area contributed by atoms with Crippen LogP contribution in [0.2, 0.25) is 0 Å². The van der Waals surface area contributed by atoms with Crippen molar-refractivity contribution in [3.8, 4) is 0 Å². The maximum atomic E-state index is 3.25. The van der Waals surface area contributed by atoms with Crippen LogP contribution in [0.25, 0.3) is 0 Å². The van der Waals surface area contributed by atoms with Crippen molar-refractivity contribution in [2.45, 2.75) is 12.8 Å². The van der Waals surface area contributed by atoms with Gasteiger partial charge in [0.2, 0.25) is 0 Å². The average molecular weight is 135 g/mol. The molecule has 54 valence electrons. The number of nitrogens with one attached hydrogen (secondary N) is 1. The van der Waals surface area contributed by atoms with Gasteiger partial charge in [-0.3, -0.25) is 0 Å². The van der Waals surface area contributed by atoms with Gasteiger partial charge in [0, 0.05) is 0 Å². The van der Waals surface area contributed by atoms with Gasteiger partial charge in [-0.05, 0) is 55.0 Å². The minimum absolute atomic E-state index is 1.02. The Balaban J connectivity index is 1.49. The fourth-order valence-electron chi connectivity index (χ4n) is 4.48. The number of hydrogen-bond acceptors (Lipinski definition) is 1. The highest BCUT2D eigenvalue weighted by molar-refractivity contribution is 5.64. The zero-order valence-electron chi connectivity index (χ0n) is 6.35. The van der Waals surface area contributed by atoms with E-state index in [1.54, 1.807) is 6.42 Å². The standard InChI is InChI=1S/C9H13N/c1-10-3-2-5-6-7-8(5)4-9(6,7)8/h5-7,10H,2-4H2,1H3. The number of rotatable bonds is 3. The fraction of sp³-hybridized carbons (Fsp3) is 1.00. The van der Waals surface area contributed by atoms with Crippen molar-refractivity contribution < 1.29 is 0 Å². The summed E-state index contributed by atoms with van der Waals surface area (Å²) in [4.78, 5) is 0. The highest BCUT2D eigenvalue weighted by Gasteiger charge is 3.18. The van der Waals surface area contributed by atoms with E-state index >= 15 is 0 Å². The molecule has 0 heterocycles. The lowest BCUT2D eigenvalue weighted by Gasteiger charge is -2.38. The van der Waals surface area contributed by atoms with Gasteiger partial charge in [0.1, 0.15) is 0 Å². The van der Waals surface area contributed by atoms with E-state index in [4.69, 9.17) is 0 Å². The van der Waals surface area contributed by atoms with Crippen molar-refractivity contribution in [2.24, 2.45) is 28.6 Å². The molecule has 5 saturated carbocycles. The summed E-state index contributed by atoms with van der Waals surface area (Å²) in [6.45, 7) is 1.26. The van der Waals surface area contributed by atoms with Gasteiger partial charge in [-0.2, -0.15) is 0 Å². The third kappa shape index (κ3) is 0.191. The summed E-state index contributed by atoms with van der Waals surface area (Å²) in [6.07, 6.45) is 3.11. The summed E-state index contributed by atoms with van der Waals surface area (Å²) >= 11 is 0. The van der Waals surface area contributed by atoms with E-state index in [0.29, 0.717) is 0 Å². The first-order valence-electron chi connectivity index (χ1n) is 4.54. The van der Waals surface area contributed by atoms with Crippen molar-refractivity contribution in [3.63, 3.8) is 0 Å². The molecule has 5 rings (SSSR count). The van der Waals surface area contributed by atoms with Gasteiger partial charge in [-0.1, -0.05) is 0 Å². The largest absolute Gasteiger partial charge is 0.320 e. The fourth-order valence-corrected chi connectivity index (χ4v) is 4.48. The predicted molar refractivity (Wildman–Crippen MR) is 38.5 cm³/mol. The lowest BCUT2D eigenvalue weighted by atomic mass is 9.66. The second-order valence-corrected chi connectivity index (χ2v) is 4.76. The minimum Gasteiger partial charge on any atom is -0.320 e. The first-order chi connectivity index (χ1) is 4.89. The Hall–Kier alpha value is -0.0400. The molecule has 0 aliphatic heterocycles. The van der Waals surface area contributed by atoms with Crippen LogP contribution in [-0.2, 0) is 0 Å². The van der Waals surface area contributed by atoms with E-state index in [9.17, 15) is 0 Å². The molecule has 0 aromatic rings. The normalized spacial score (nSPS) is 77.1. The Labute approximate surface area is 61.2 Å². The Bertz CT molecular complexity index is 237. The highest BCUT2D eigenvalue weighted by atomic mass is 15.2. The predicted octanol–water partition coefficient (Wildman–Crippen LogP) is 0.862. The molecule has 2 spiro atoms. The summed E-state index contributed by atoms with van der Waals surface area (Å²) in [7, 11) is 2.07. The monoisotopic (exact) mass is 135 g/mol. The van der Waals surface area contributed by atoms with Crippen molar-refractivity contribution in [1.82, 2.24) is 5.32 Å². The highest BCUT2D eigenvalue weighted by Crippen LogP contribution is 3.22. The van der Waals surface area contributed by atoms with Gasteiger partial charge in [0.15, 0.2) is 0 Å². The molecular formula is C9H13N. The summed E-state index contributed by atoms with van der Waals surface area (Å²) in [6, 6.07) is 0. The first-order valence-corrected chi connectivity index (χ1v) is 4.54. The van der Waals surface area contributed by atoms with Gasteiger partial charge < -0.3 is 5.32 Å². The van der Waals surface area contributed by atoms with Crippen LogP contribution in [0.5, 0.6) is 0 Å². The molecule has 5 unspecified atom stereocenters. The molecule has 2 bridgehead atoms. The second kappa shape index (κ2) is 0.911. The molecule has 1 N–H and O–H groups in total. The molecule has 0 radical (unpaired) electrons. The molecule has 0 amide bonds. The quantitative estimate of drug-likeness (QED) is 0.605. The van der Waals surface area contributed by atoms with Crippen LogP contribution >= 0.6 is 0 Å². The van der Waals surface area contributed by atoms with E-state index in [1.807, 2.05) is 0 Å². The summed E-state index contributed by atoms with van der Waals surface area (Å²) in [5, 5.41) is 3.25. The van der Waals surface area contributed by atoms with Gasteiger partial charge in [0.05, 0.1) is 0 Å². The van der Waals surface area contributed by atoms with Crippen molar-refractivity contribution in [2.75, 3.05) is 13.6 Å². The van der Waals surface area contributed by atoms with Gasteiger partial charge in [-0.15, -0.1) is 0 Å². The molecule has 5 atom stereocenters. The van der Waals surface area contributed by atoms with E-state index < -0.39 is 0 Å². The molecule has 1 nitrogen and oxygen atoms in total. The minimum atomic E-state index is 1.02. The van der Waals surface area contributed by atoms with E-state index in [1.165, 1.54) is 30.7 Å². The van der Waals surface area contributed by atoms with Gasteiger partial charge in [0.25, 0.3) is 0 Å². The third-order valence-corrected chi connectivity index (χ3v) is 5.00. The molecule has 5 aliphatic rings. The van der Waals surface area contributed by atoms with Crippen molar-refractivity contribution in [1.29, 1.82) is 0 Å². The molecule has 0 aromatic carbocycles. The van der Waals surface area contributed by atoms with Crippen LogP contribution in [-0.4, -0.2) is 13.6 Å². The molecule has 0 aromatic heterocycles. The third-order valence-electron chi connectivity index (χ3n) is 5.00. The second-order valence-electron chi connectivity index (χ2n) is 4.76. The van der Waals surface area contributed by atoms with E-state index in [2.05, 4.69) is 12.4 Å². The SMILES string of the molecule is CNCCC1C2C3C14CC234. The molecule has 5 aliphatic carbocycles. The zero-order valence-corrected chi connectivity index (χ0v) is 6.35. The van der Waals surface area contributed by atoms with Gasteiger partial charge in [-0.25, -0.2) is 0 Å². The molecule has 10 heavy (non-hydrogen) atoms. The van der Waals surface area contributed by atoms with Crippen LogP contribution in [0.4, 0.5) is 0 Å². The maximum Gasteiger partial charge on any atom is -0.00490 e. The van der Waals surface area contributed by atoms with Crippen molar-refractivity contribution in [3.05, 3.63) is 0 Å². The Morgan fingerprint density at radius 3 is 2.70 bits per heavy atom. The molecule has 0 saturated heterocycles. The lowest BCUT2D eigenvalue weighted by molar-refractivity contribution is 0.0926. The van der Waals surface area contributed by atoms with Crippen LogP contribution in [0.3, 0.4) is 0 Å². The summed E-state index contributed by atoms with van der Waals surface area (Å²) in [5.74, 6) is 3.73. The van der Waals surface area contributed by atoms with Crippen LogP contribution < -0.4 is 5.32 Å². The Morgan fingerprint density at radius 2 is 2.30 bits per heavy atom. The zero-order chi connectivity index (χ0) is 6.56. The first kappa shape index (κ1) is 4.76. The van der Waals surface area contributed by atoms with Crippen LogP contribution in [0.15, 0.2) is 0 Å². The van der Waals surface area contributed by atoms with Crippen LogP contribution in [0.1, 0.15) is 12.8 Å². The topological polar surface area (TPSA) is 12.0 Å². The van der Waals surface area contributed by atoms with E-state index in [-0.39, 0.29) is 0 Å². The molecular weight excluding hydrogens is 122 g/mol. The van der Waals surface area contributed by atoms with Crippen molar-refractivity contribution >= 4 is 0 Å². The lowest BCUT2D eigenvalue weighted by Crippen LogP contribution is -2.36.